The molecule has 0 saturated heterocycles. The van der Waals surface area contributed by atoms with Gasteiger partial charge in [-0.15, -0.1) is 0 Å². The Labute approximate surface area is 167 Å². The van der Waals surface area contributed by atoms with E-state index in [-0.39, 0.29) is 0 Å². The lowest BCUT2D eigenvalue weighted by molar-refractivity contribution is 1.09. The Bertz CT molecular complexity index is 857. The molecule has 0 saturated carbocycles. The number of hydrogen-bond donors (Lipinski definition) is 1. The number of aryl methyl sites for hydroxylation is 2. The van der Waals surface area contributed by atoms with Crippen LogP contribution in [0.2, 0.25) is 10.6 Å². The lowest BCUT2D eigenvalue weighted by Crippen LogP contribution is -2.24. The topological polar surface area (TPSA) is 24.4 Å². The number of aliphatic imine (C=N–C) groups is 1. The van der Waals surface area contributed by atoms with Crippen LogP contribution in [0.4, 0.5) is 11.4 Å². The molecule has 0 unspecified atom stereocenters. The molecular weight excluding hydrogens is 343 g/mol. The van der Waals surface area contributed by atoms with Crippen LogP contribution in [0.5, 0.6) is 0 Å². The predicted octanol–water partition coefficient (Wildman–Crippen LogP) is 6.41. The van der Waals surface area contributed by atoms with Gasteiger partial charge in [0.2, 0.25) is 0 Å². The second-order valence-electron chi connectivity index (χ2n) is 6.95. The molecule has 1 N–H and O–H groups in total. The summed E-state index contributed by atoms with van der Waals surface area (Å²) in [4.78, 5) is 4.63. The lowest BCUT2D eigenvalue weighted by atomic mass is 10.1. The van der Waals surface area contributed by atoms with Gasteiger partial charge >= 0.3 is 14.4 Å². The number of benzene rings is 3. The Morgan fingerprint density at radius 1 is 0.889 bits per heavy atom. The first kappa shape index (κ1) is 19.4. The van der Waals surface area contributed by atoms with Gasteiger partial charge in [-0.2, -0.15) is 0 Å². The van der Waals surface area contributed by atoms with Gasteiger partial charge in [0.15, 0.2) is 0 Å². The van der Waals surface area contributed by atoms with Crippen LogP contribution in [-0.4, -0.2) is 20.6 Å². The highest BCUT2D eigenvalue weighted by molar-refractivity contribution is 6.62. The number of para-hydroxylation sites is 1. The highest BCUT2D eigenvalue weighted by atomic mass is 27.2. The molecule has 3 rings (SSSR count). The van der Waals surface area contributed by atoms with Crippen molar-refractivity contribution >= 4 is 32.0 Å². The van der Waals surface area contributed by atoms with E-state index in [1.807, 2.05) is 36.5 Å². The third-order valence-electron chi connectivity index (χ3n) is 4.84. The van der Waals surface area contributed by atoms with E-state index >= 15 is 0 Å². The molecule has 27 heavy (non-hydrogen) atoms. The Morgan fingerprint density at radius 3 is 2.33 bits per heavy atom. The summed E-state index contributed by atoms with van der Waals surface area (Å²) in [5.74, 6) is 0. The van der Waals surface area contributed by atoms with Crippen LogP contribution >= 0.6 is 0 Å². The normalized spacial score (nSPS) is 10.9. The van der Waals surface area contributed by atoms with Crippen molar-refractivity contribution in [1.29, 1.82) is 0 Å². The van der Waals surface area contributed by atoms with E-state index in [0.29, 0.717) is 0 Å². The van der Waals surface area contributed by atoms with Gasteiger partial charge in [-0.25, -0.2) is 0 Å². The first-order chi connectivity index (χ1) is 13.2. The van der Waals surface area contributed by atoms with Crippen LogP contribution in [0.15, 0.2) is 83.9 Å². The monoisotopic (exact) mass is 370 g/mol. The molecule has 0 spiro atoms. The van der Waals surface area contributed by atoms with E-state index in [0.717, 1.165) is 12.1 Å². The molecule has 0 amide bonds. The van der Waals surface area contributed by atoms with Crippen molar-refractivity contribution in [2.24, 2.45) is 4.99 Å². The standard InChI is InChI=1S/C15H14N.C7H8N.C2H5.Al/c1-2-13-8-6-7-9-14(13)12-16-15-10-4-3-5-11-15;1-6-2-4-7(8)5-3-6;1-2;/h3-12H,1-2H2;2-5,8H,1H3;1H2,2H3;/q;-1;;+1. The summed E-state index contributed by atoms with van der Waals surface area (Å²) in [6.07, 6.45) is 3.10. The van der Waals surface area contributed by atoms with Crippen LogP contribution < -0.4 is 4.30 Å². The molecule has 0 heterocycles. The minimum Gasteiger partial charge on any atom is -0.476 e. The second kappa shape index (κ2) is 10.1. The Balaban J connectivity index is 1.64. The highest BCUT2D eigenvalue weighted by Gasteiger charge is 2.17. The van der Waals surface area contributed by atoms with Crippen molar-refractivity contribution in [3.8, 4) is 0 Å². The van der Waals surface area contributed by atoms with Gasteiger partial charge in [0.1, 0.15) is 0 Å². The molecule has 0 aromatic heterocycles. The summed E-state index contributed by atoms with van der Waals surface area (Å²) in [5.41, 5.74) is 6.17. The number of nitrogens with one attached hydrogen (secondary N) is 1. The van der Waals surface area contributed by atoms with Gasteiger partial charge in [0.05, 0.1) is 5.69 Å². The SMILES string of the molecule is C[CH2][Al]([CH2]Cc1ccccc1C=Nc1ccccc1)[NH]c1ccc(C)cc1. The number of anilines is 1. The molecule has 2 nitrogen and oxygen atoms in total. The van der Waals surface area contributed by atoms with Crippen LogP contribution in [0.3, 0.4) is 0 Å². The van der Waals surface area contributed by atoms with Crippen molar-refractivity contribution in [3.05, 3.63) is 95.6 Å². The van der Waals surface area contributed by atoms with E-state index in [1.165, 1.54) is 32.9 Å². The maximum absolute atomic E-state index is 4.63. The Hall–Kier alpha value is -2.34. The first-order valence-corrected chi connectivity index (χ1v) is 12.0. The Morgan fingerprint density at radius 2 is 1.59 bits per heavy atom. The molecular formula is C24H27AlN2. The van der Waals surface area contributed by atoms with E-state index in [2.05, 4.69) is 71.7 Å². The molecule has 0 aliphatic rings. The molecule has 3 aromatic carbocycles. The Kier molecular flexibility index (Phi) is 7.28. The fourth-order valence-electron chi connectivity index (χ4n) is 3.14. The number of hydrogen-bond acceptors (Lipinski definition) is 2. The van der Waals surface area contributed by atoms with Gasteiger partial charge in [0, 0.05) is 11.9 Å². The lowest BCUT2D eigenvalue weighted by Gasteiger charge is -2.14. The molecule has 0 bridgehead atoms. The molecule has 3 aromatic rings. The third kappa shape index (κ3) is 6.10. The van der Waals surface area contributed by atoms with Crippen LogP contribution in [0.25, 0.3) is 0 Å². The van der Waals surface area contributed by atoms with E-state index in [9.17, 15) is 0 Å². The predicted molar refractivity (Wildman–Crippen MR) is 120 cm³/mol. The van der Waals surface area contributed by atoms with Gasteiger partial charge in [0.25, 0.3) is 0 Å². The minimum absolute atomic E-state index is 0.995. The van der Waals surface area contributed by atoms with Crippen LogP contribution in [-0.2, 0) is 6.42 Å². The number of nitrogens with zero attached hydrogens (tertiary/aromatic N) is 1. The summed E-state index contributed by atoms with van der Waals surface area (Å²) >= 11 is -1.02. The maximum Gasteiger partial charge on any atom is 0.411 e. The van der Waals surface area contributed by atoms with Crippen molar-refractivity contribution in [3.63, 3.8) is 0 Å². The van der Waals surface area contributed by atoms with Crippen molar-refractivity contribution < 1.29 is 0 Å². The van der Waals surface area contributed by atoms with Gasteiger partial charge < -0.3 is 4.30 Å². The molecule has 0 fully saturated rings. The summed E-state index contributed by atoms with van der Waals surface area (Å²) in [6, 6.07) is 27.5. The molecule has 0 atom stereocenters. The second-order valence-corrected chi connectivity index (χ2v) is 10.0. The average molecular weight is 370 g/mol. The maximum atomic E-state index is 4.63. The van der Waals surface area contributed by atoms with E-state index in [1.54, 1.807) is 0 Å². The highest BCUT2D eigenvalue weighted by Crippen LogP contribution is 2.17. The summed E-state index contributed by atoms with van der Waals surface area (Å²) in [5, 5.41) is 2.48. The van der Waals surface area contributed by atoms with Gasteiger partial charge in [-0.3, -0.25) is 4.99 Å². The largest absolute Gasteiger partial charge is 0.476 e. The van der Waals surface area contributed by atoms with E-state index < -0.39 is 14.4 Å². The molecule has 0 aliphatic carbocycles. The van der Waals surface area contributed by atoms with Gasteiger partial charge in [-0.05, 0) is 48.7 Å². The molecule has 0 radical (unpaired) electrons. The zero-order chi connectivity index (χ0) is 18.9. The smallest absolute Gasteiger partial charge is 0.411 e. The van der Waals surface area contributed by atoms with Gasteiger partial charge in [-0.1, -0.05) is 77.7 Å². The van der Waals surface area contributed by atoms with Crippen LogP contribution in [0.1, 0.15) is 23.6 Å². The van der Waals surface area contributed by atoms with Crippen molar-refractivity contribution in [1.82, 2.24) is 0 Å². The molecule has 3 heteroatoms. The van der Waals surface area contributed by atoms with E-state index in [4.69, 9.17) is 0 Å². The van der Waals surface area contributed by atoms with Crippen LogP contribution in [0, 0.1) is 6.92 Å². The van der Waals surface area contributed by atoms with Crippen molar-refractivity contribution in [2.75, 3.05) is 4.30 Å². The molecule has 136 valence electrons. The first-order valence-electron chi connectivity index (χ1n) is 9.75. The minimum atomic E-state index is -1.02. The third-order valence-corrected chi connectivity index (χ3v) is 7.55. The fraction of sp³-hybridized carbons (Fsp3) is 0.208. The average Bonchev–Trinajstić information content (AvgIpc) is 2.72. The number of rotatable bonds is 8. The quantitative estimate of drug-likeness (QED) is 0.359. The fourth-order valence-corrected chi connectivity index (χ4v) is 5.22. The van der Waals surface area contributed by atoms with Crippen molar-refractivity contribution in [2.45, 2.75) is 30.8 Å². The molecule has 0 aliphatic heterocycles. The summed E-state index contributed by atoms with van der Waals surface area (Å²) in [7, 11) is 0. The zero-order valence-electron chi connectivity index (χ0n) is 16.2. The summed E-state index contributed by atoms with van der Waals surface area (Å²) < 4.78 is 3.81. The zero-order valence-corrected chi connectivity index (χ0v) is 17.4. The summed E-state index contributed by atoms with van der Waals surface area (Å²) in [6.45, 7) is 4.44.